The molecule has 0 saturated heterocycles. The molecule has 110 valence electrons. The predicted octanol–water partition coefficient (Wildman–Crippen LogP) is 3.25. The summed E-state index contributed by atoms with van der Waals surface area (Å²) in [5.41, 5.74) is 5.28. The molecule has 0 spiro atoms. The summed E-state index contributed by atoms with van der Waals surface area (Å²) >= 11 is 0. The molecule has 0 aliphatic heterocycles. The van der Waals surface area contributed by atoms with Crippen LogP contribution >= 0.6 is 9.03 Å². The predicted molar refractivity (Wildman–Crippen MR) is 78.1 cm³/mol. The first-order valence-electron chi connectivity index (χ1n) is 7.18. The highest BCUT2D eigenvalue weighted by Crippen LogP contribution is 2.12. The van der Waals surface area contributed by atoms with E-state index in [2.05, 4.69) is 6.92 Å². The van der Waals surface area contributed by atoms with E-state index in [9.17, 15) is 0 Å². The second-order valence-corrected chi connectivity index (χ2v) is 5.05. The molecule has 0 amide bonds. The van der Waals surface area contributed by atoms with Gasteiger partial charge in [0.1, 0.15) is 0 Å². The molecule has 18 heavy (non-hydrogen) atoms. The Hall–Kier alpha value is 0.270. The topological polar surface area (TPSA) is 53.7 Å². The lowest BCUT2D eigenvalue weighted by atomic mass is 10.1. The number of hydrogen-bond donors (Lipinski definition) is 1. The van der Waals surface area contributed by atoms with E-state index in [4.69, 9.17) is 19.5 Å². The molecular weight excluding hydrogens is 249 g/mol. The average Bonchev–Trinajstić information content (AvgIpc) is 2.39. The van der Waals surface area contributed by atoms with E-state index in [0.29, 0.717) is 19.8 Å². The highest BCUT2D eigenvalue weighted by atomic mass is 31.1. The molecule has 0 saturated carbocycles. The molecule has 0 rings (SSSR count). The van der Waals surface area contributed by atoms with Crippen molar-refractivity contribution in [3.8, 4) is 0 Å². The number of rotatable bonds is 15. The smallest absolute Gasteiger partial charge is 0.155 e. The van der Waals surface area contributed by atoms with Crippen LogP contribution in [0.5, 0.6) is 0 Å². The fraction of sp³-hybridized carbons (Fsp3) is 1.00. The van der Waals surface area contributed by atoms with Crippen molar-refractivity contribution in [2.45, 2.75) is 51.9 Å². The normalized spacial score (nSPS) is 11.7. The molecule has 4 nitrogen and oxygen atoms in total. The molecule has 0 aromatic rings. The van der Waals surface area contributed by atoms with Crippen LogP contribution in [0.1, 0.15) is 51.9 Å². The largest absolute Gasteiger partial charge is 0.381 e. The van der Waals surface area contributed by atoms with Gasteiger partial charge in [0, 0.05) is 19.8 Å². The van der Waals surface area contributed by atoms with Gasteiger partial charge in [-0.25, -0.2) is 0 Å². The van der Waals surface area contributed by atoms with Gasteiger partial charge in [0.15, 0.2) is 9.03 Å². The average molecular weight is 279 g/mol. The van der Waals surface area contributed by atoms with Gasteiger partial charge in [-0.1, -0.05) is 39.0 Å². The SMILES string of the molecule is CCCCCCCCOCCCOPOCCN. The van der Waals surface area contributed by atoms with E-state index < -0.39 is 0 Å². The summed E-state index contributed by atoms with van der Waals surface area (Å²) in [6.07, 6.45) is 8.82. The third kappa shape index (κ3) is 16.3. The van der Waals surface area contributed by atoms with Gasteiger partial charge in [-0.15, -0.1) is 0 Å². The fourth-order valence-corrected chi connectivity index (χ4v) is 2.02. The van der Waals surface area contributed by atoms with E-state index in [1.165, 1.54) is 38.5 Å². The standard InChI is InChI=1S/C13H30NO3P/c1-2-3-4-5-6-7-10-15-11-8-12-16-18-17-13-9-14/h18H,2-14H2,1H3. The maximum atomic E-state index is 5.53. The first-order valence-corrected chi connectivity index (χ1v) is 7.99. The minimum Gasteiger partial charge on any atom is -0.381 e. The molecule has 0 bridgehead atoms. The molecule has 0 aliphatic rings. The van der Waals surface area contributed by atoms with Crippen molar-refractivity contribution in [3.63, 3.8) is 0 Å². The summed E-state index contributed by atoms with van der Waals surface area (Å²) in [6.45, 7) is 5.76. The fourth-order valence-electron chi connectivity index (χ4n) is 1.50. The van der Waals surface area contributed by atoms with Crippen LogP contribution < -0.4 is 5.73 Å². The van der Waals surface area contributed by atoms with Crippen molar-refractivity contribution >= 4 is 9.03 Å². The molecule has 0 fully saturated rings. The van der Waals surface area contributed by atoms with Crippen molar-refractivity contribution in [1.29, 1.82) is 0 Å². The lowest BCUT2D eigenvalue weighted by Gasteiger charge is -2.05. The molecule has 0 aromatic carbocycles. The molecule has 0 aromatic heterocycles. The van der Waals surface area contributed by atoms with Gasteiger partial charge >= 0.3 is 0 Å². The second-order valence-electron chi connectivity index (χ2n) is 4.30. The summed E-state index contributed by atoms with van der Waals surface area (Å²) in [7, 11) is 0.115. The molecule has 0 radical (unpaired) electrons. The van der Waals surface area contributed by atoms with Crippen LogP contribution in [0.2, 0.25) is 0 Å². The summed E-state index contributed by atoms with van der Waals surface area (Å²) in [6, 6.07) is 0. The minimum absolute atomic E-state index is 0.115. The van der Waals surface area contributed by atoms with Crippen LogP contribution in [0, 0.1) is 0 Å². The Kier molecular flexibility index (Phi) is 17.5. The molecule has 0 heterocycles. The van der Waals surface area contributed by atoms with Gasteiger partial charge in [-0.05, 0) is 12.8 Å². The zero-order chi connectivity index (χ0) is 13.3. The lowest BCUT2D eigenvalue weighted by Crippen LogP contribution is -2.05. The maximum Gasteiger partial charge on any atom is 0.155 e. The van der Waals surface area contributed by atoms with Gasteiger partial charge in [-0.2, -0.15) is 0 Å². The summed E-state index contributed by atoms with van der Waals surface area (Å²) in [5.74, 6) is 0. The number of nitrogens with two attached hydrogens (primary N) is 1. The van der Waals surface area contributed by atoms with Crippen LogP contribution in [0.25, 0.3) is 0 Å². The van der Waals surface area contributed by atoms with Gasteiger partial charge in [-0.3, -0.25) is 0 Å². The highest BCUT2D eigenvalue weighted by molar-refractivity contribution is 7.26. The van der Waals surface area contributed by atoms with Crippen molar-refractivity contribution in [1.82, 2.24) is 0 Å². The minimum atomic E-state index is 0.115. The van der Waals surface area contributed by atoms with Gasteiger partial charge in [0.25, 0.3) is 0 Å². The third-order valence-corrected chi connectivity index (χ3v) is 3.16. The van der Waals surface area contributed by atoms with Crippen LogP contribution in [0.3, 0.4) is 0 Å². The molecule has 0 aliphatic carbocycles. The van der Waals surface area contributed by atoms with Crippen LogP contribution in [0.15, 0.2) is 0 Å². The van der Waals surface area contributed by atoms with Crippen LogP contribution in [-0.2, 0) is 13.8 Å². The van der Waals surface area contributed by atoms with Gasteiger partial charge < -0.3 is 19.5 Å². The Morgan fingerprint density at radius 1 is 0.778 bits per heavy atom. The van der Waals surface area contributed by atoms with E-state index in [1.54, 1.807) is 0 Å². The van der Waals surface area contributed by atoms with E-state index >= 15 is 0 Å². The molecule has 5 heteroatoms. The van der Waals surface area contributed by atoms with Gasteiger partial charge in [0.05, 0.1) is 13.2 Å². The van der Waals surface area contributed by atoms with Crippen molar-refractivity contribution in [2.24, 2.45) is 5.73 Å². The maximum absolute atomic E-state index is 5.53. The zero-order valence-corrected chi connectivity index (χ0v) is 12.8. The number of ether oxygens (including phenoxy) is 1. The molecule has 2 N–H and O–H groups in total. The summed E-state index contributed by atoms with van der Waals surface area (Å²) in [4.78, 5) is 0. The molecule has 1 unspecified atom stereocenters. The number of unbranched alkanes of at least 4 members (excludes halogenated alkanes) is 5. The Labute approximate surface area is 114 Å². The Balaban J connectivity index is 2.86. The Morgan fingerprint density at radius 3 is 2.22 bits per heavy atom. The summed E-state index contributed by atoms with van der Waals surface area (Å²) < 4.78 is 15.9. The Morgan fingerprint density at radius 2 is 1.44 bits per heavy atom. The van der Waals surface area contributed by atoms with Crippen LogP contribution in [0.4, 0.5) is 0 Å². The monoisotopic (exact) mass is 279 g/mol. The quantitative estimate of drug-likeness (QED) is 0.369. The van der Waals surface area contributed by atoms with Crippen molar-refractivity contribution in [3.05, 3.63) is 0 Å². The summed E-state index contributed by atoms with van der Waals surface area (Å²) in [5, 5.41) is 0. The number of hydrogen-bond acceptors (Lipinski definition) is 4. The highest BCUT2D eigenvalue weighted by Gasteiger charge is 1.93. The first-order chi connectivity index (χ1) is 8.91. The van der Waals surface area contributed by atoms with Crippen molar-refractivity contribution < 1.29 is 13.8 Å². The Bertz CT molecular complexity index is 134. The van der Waals surface area contributed by atoms with Gasteiger partial charge in [0.2, 0.25) is 0 Å². The van der Waals surface area contributed by atoms with Crippen LogP contribution in [-0.4, -0.2) is 33.0 Å². The third-order valence-electron chi connectivity index (χ3n) is 2.52. The van der Waals surface area contributed by atoms with E-state index in [1.807, 2.05) is 0 Å². The molecule has 1 atom stereocenters. The second kappa shape index (κ2) is 17.3. The van der Waals surface area contributed by atoms with E-state index in [0.717, 1.165) is 19.6 Å². The van der Waals surface area contributed by atoms with Crippen molar-refractivity contribution in [2.75, 3.05) is 33.0 Å². The van der Waals surface area contributed by atoms with E-state index in [-0.39, 0.29) is 9.03 Å². The molecular formula is C13H30NO3P. The zero-order valence-electron chi connectivity index (χ0n) is 11.8. The lowest BCUT2D eigenvalue weighted by molar-refractivity contribution is 0.116. The first kappa shape index (κ1) is 18.3.